The molecule has 0 spiro atoms. The van der Waals surface area contributed by atoms with Crippen molar-refractivity contribution in [3.8, 4) is 0 Å². The number of amides is 1. The Morgan fingerprint density at radius 1 is 1.14 bits per heavy atom. The highest BCUT2D eigenvalue weighted by atomic mass is 16.1. The van der Waals surface area contributed by atoms with Gasteiger partial charge in [0.25, 0.3) is 5.91 Å². The summed E-state index contributed by atoms with van der Waals surface area (Å²) in [5.41, 5.74) is 1.68. The lowest BCUT2D eigenvalue weighted by Crippen LogP contribution is -2.36. The molecule has 1 aromatic heterocycles. The van der Waals surface area contributed by atoms with Crippen LogP contribution >= 0.6 is 0 Å². The highest BCUT2D eigenvalue weighted by Gasteiger charge is 2.19. The number of piperidine rings is 1. The zero-order chi connectivity index (χ0) is 15.4. The summed E-state index contributed by atoms with van der Waals surface area (Å²) in [5.74, 6) is 0.801. The van der Waals surface area contributed by atoms with Crippen LogP contribution in [-0.4, -0.2) is 30.0 Å². The molecule has 0 unspecified atom stereocenters. The quantitative estimate of drug-likeness (QED) is 0.931. The second kappa shape index (κ2) is 7.12. The molecule has 1 aliphatic heterocycles. The lowest BCUT2D eigenvalue weighted by Gasteiger charge is -2.31. The van der Waals surface area contributed by atoms with Gasteiger partial charge in [-0.1, -0.05) is 26.2 Å². The summed E-state index contributed by atoms with van der Waals surface area (Å²) < 4.78 is 0. The monoisotopic (exact) mass is 301 g/mol. The largest absolute Gasteiger partial charge is 0.370 e. The average Bonchev–Trinajstić information content (AvgIpc) is 2.57. The molecule has 0 bridgehead atoms. The number of nitrogens with zero attached hydrogens (tertiary/aromatic N) is 2. The molecule has 2 aliphatic rings. The van der Waals surface area contributed by atoms with Crippen molar-refractivity contribution in [1.82, 2.24) is 10.3 Å². The summed E-state index contributed by atoms with van der Waals surface area (Å²) in [5, 5.41) is 3.12. The van der Waals surface area contributed by atoms with Crippen molar-refractivity contribution in [2.24, 2.45) is 5.92 Å². The fourth-order valence-corrected chi connectivity index (χ4v) is 3.48. The van der Waals surface area contributed by atoms with E-state index in [1.165, 1.54) is 32.1 Å². The summed E-state index contributed by atoms with van der Waals surface area (Å²) in [4.78, 5) is 19.0. The molecule has 4 heteroatoms. The number of aromatic nitrogens is 1. The van der Waals surface area contributed by atoms with E-state index in [4.69, 9.17) is 0 Å². The Hall–Kier alpha value is -1.58. The Morgan fingerprint density at radius 3 is 2.50 bits per heavy atom. The van der Waals surface area contributed by atoms with E-state index >= 15 is 0 Å². The summed E-state index contributed by atoms with van der Waals surface area (Å²) in [6.45, 7) is 4.50. The maximum Gasteiger partial charge on any atom is 0.270 e. The molecular formula is C18H27N3O. The summed E-state index contributed by atoms with van der Waals surface area (Å²) in [7, 11) is 0. The molecule has 2 fully saturated rings. The Balaban J connectivity index is 1.57. The maximum atomic E-state index is 12.3. The van der Waals surface area contributed by atoms with Crippen LogP contribution in [0.25, 0.3) is 0 Å². The first-order chi connectivity index (χ1) is 10.7. The number of hydrogen-bond donors (Lipinski definition) is 1. The number of anilines is 1. The van der Waals surface area contributed by atoms with Crippen molar-refractivity contribution < 1.29 is 4.79 Å². The molecule has 120 valence electrons. The Bertz CT molecular complexity index is 486. The molecule has 1 saturated carbocycles. The van der Waals surface area contributed by atoms with Crippen LogP contribution in [0, 0.1) is 5.92 Å². The van der Waals surface area contributed by atoms with Crippen LogP contribution in [0.1, 0.15) is 62.4 Å². The van der Waals surface area contributed by atoms with E-state index in [-0.39, 0.29) is 5.91 Å². The normalized spacial score (nSPS) is 20.9. The zero-order valence-corrected chi connectivity index (χ0v) is 13.6. The number of hydrogen-bond acceptors (Lipinski definition) is 3. The predicted octanol–water partition coefficient (Wildman–Crippen LogP) is 3.38. The van der Waals surface area contributed by atoms with Crippen molar-refractivity contribution in [3.05, 3.63) is 24.0 Å². The highest BCUT2D eigenvalue weighted by Crippen LogP contribution is 2.22. The summed E-state index contributed by atoms with van der Waals surface area (Å²) >= 11 is 0. The minimum absolute atomic E-state index is 0.0225. The number of carbonyl (C=O) groups excluding carboxylic acids is 1. The van der Waals surface area contributed by atoms with Crippen LogP contribution < -0.4 is 10.2 Å². The molecule has 1 N–H and O–H groups in total. The van der Waals surface area contributed by atoms with Gasteiger partial charge in [-0.05, 0) is 43.7 Å². The van der Waals surface area contributed by atoms with Gasteiger partial charge in [-0.2, -0.15) is 0 Å². The molecule has 2 heterocycles. The fourth-order valence-electron chi connectivity index (χ4n) is 3.48. The summed E-state index contributed by atoms with van der Waals surface area (Å²) in [6, 6.07) is 4.25. The Morgan fingerprint density at radius 2 is 1.86 bits per heavy atom. The molecule has 0 aromatic carbocycles. The third-order valence-electron chi connectivity index (χ3n) is 5.07. The first-order valence-corrected chi connectivity index (χ1v) is 8.74. The van der Waals surface area contributed by atoms with Crippen LogP contribution in [0.15, 0.2) is 18.3 Å². The van der Waals surface area contributed by atoms with Crippen molar-refractivity contribution in [1.29, 1.82) is 0 Å². The van der Waals surface area contributed by atoms with E-state index < -0.39 is 0 Å². The zero-order valence-electron chi connectivity index (χ0n) is 13.6. The first kappa shape index (κ1) is 15.3. The smallest absolute Gasteiger partial charge is 0.270 e. The second-order valence-corrected chi connectivity index (χ2v) is 6.88. The molecule has 1 amide bonds. The number of nitrogens with one attached hydrogen (secondary N) is 1. The van der Waals surface area contributed by atoms with Crippen LogP contribution in [-0.2, 0) is 0 Å². The standard InChI is InChI=1S/C18H27N3O/c1-14-9-11-21(12-10-14)16-7-8-17(19-13-16)18(22)20-15-5-3-2-4-6-15/h7-8,13-15H,2-6,9-12H2,1H3,(H,20,22). The SMILES string of the molecule is CC1CCN(c2ccc(C(=O)NC3CCCCC3)nc2)CC1. The van der Waals surface area contributed by atoms with Gasteiger partial charge in [-0.3, -0.25) is 4.79 Å². The third-order valence-corrected chi connectivity index (χ3v) is 5.07. The van der Waals surface area contributed by atoms with E-state index in [0.717, 1.165) is 37.5 Å². The molecule has 0 radical (unpaired) electrons. The van der Waals surface area contributed by atoms with Crippen molar-refractivity contribution >= 4 is 11.6 Å². The third kappa shape index (κ3) is 3.79. The van der Waals surface area contributed by atoms with Gasteiger partial charge >= 0.3 is 0 Å². The highest BCUT2D eigenvalue weighted by molar-refractivity contribution is 5.92. The van der Waals surface area contributed by atoms with E-state index in [0.29, 0.717) is 11.7 Å². The van der Waals surface area contributed by atoms with Gasteiger partial charge in [0.05, 0.1) is 11.9 Å². The minimum atomic E-state index is -0.0225. The van der Waals surface area contributed by atoms with Crippen molar-refractivity contribution in [3.63, 3.8) is 0 Å². The van der Waals surface area contributed by atoms with Crippen molar-refractivity contribution in [2.75, 3.05) is 18.0 Å². The average molecular weight is 301 g/mol. The maximum absolute atomic E-state index is 12.3. The lowest BCUT2D eigenvalue weighted by molar-refractivity contribution is 0.0922. The molecular weight excluding hydrogens is 274 g/mol. The topological polar surface area (TPSA) is 45.2 Å². The van der Waals surface area contributed by atoms with Gasteiger partial charge in [0, 0.05) is 19.1 Å². The molecule has 1 aliphatic carbocycles. The molecule has 1 aromatic rings. The second-order valence-electron chi connectivity index (χ2n) is 6.88. The minimum Gasteiger partial charge on any atom is -0.370 e. The molecule has 1 saturated heterocycles. The van der Waals surface area contributed by atoms with Crippen LogP contribution in [0.4, 0.5) is 5.69 Å². The van der Waals surface area contributed by atoms with E-state index in [2.05, 4.69) is 22.1 Å². The van der Waals surface area contributed by atoms with E-state index in [1.807, 2.05) is 18.3 Å². The van der Waals surface area contributed by atoms with Crippen LogP contribution in [0.2, 0.25) is 0 Å². The first-order valence-electron chi connectivity index (χ1n) is 8.74. The predicted molar refractivity (Wildman–Crippen MR) is 89.2 cm³/mol. The Kier molecular flexibility index (Phi) is 4.96. The molecule has 0 atom stereocenters. The molecule has 22 heavy (non-hydrogen) atoms. The fraction of sp³-hybridized carbons (Fsp3) is 0.667. The van der Waals surface area contributed by atoms with Gasteiger partial charge in [0.2, 0.25) is 0 Å². The van der Waals surface area contributed by atoms with E-state index in [9.17, 15) is 4.79 Å². The molecule has 4 nitrogen and oxygen atoms in total. The van der Waals surface area contributed by atoms with Crippen molar-refractivity contribution in [2.45, 2.75) is 57.9 Å². The lowest BCUT2D eigenvalue weighted by atomic mass is 9.95. The van der Waals surface area contributed by atoms with Gasteiger partial charge < -0.3 is 10.2 Å². The van der Waals surface area contributed by atoms with E-state index in [1.54, 1.807) is 0 Å². The number of rotatable bonds is 3. The molecule has 3 rings (SSSR count). The van der Waals surface area contributed by atoms with Crippen LogP contribution in [0.5, 0.6) is 0 Å². The number of carbonyl (C=O) groups is 1. The van der Waals surface area contributed by atoms with Gasteiger partial charge in [-0.25, -0.2) is 4.98 Å². The number of pyridine rings is 1. The van der Waals surface area contributed by atoms with Gasteiger partial charge in [0.1, 0.15) is 5.69 Å². The van der Waals surface area contributed by atoms with Gasteiger partial charge in [-0.15, -0.1) is 0 Å². The summed E-state index contributed by atoms with van der Waals surface area (Å²) in [6.07, 6.45) is 10.3. The Labute approximate surface area is 133 Å². The van der Waals surface area contributed by atoms with Crippen LogP contribution in [0.3, 0.4) is 0 Å². The van der Waals surface area contributed by atoms with Gasteiger partial charge in [0.15, 0.2) is 0 Å².